The third kappa shape index (κ3) is 7.64. The molecule has 0 radical (unpaired) electrons. The van der Waals surface area contributed by atoms with Gasteiger partial charge in [0.05, 0.1) is 11.5 Å². The standard InChI is InChI=1S/C27H37ClN4O9S/c1-15-10-18-19(13-32(2)14-20(18)21(28)11-15)16-4-3-5-17(12-16)42(39,40)31-7-9-41-8-6-27(38,26(30)37)24(35)22(33)23(34)25(29)36/h3-5,10-12,19,22-24,31,33-35,38H,6-9,13-14H2,1-2H3,(H2,29,36)(H2,30,37)/t19-,22?,23?,24?,27?/m0/s1. The van der Waals surface area contributed by atoms with Gasteiger partial charge in [-0.25, -0.2) is 13.1 Å². The van der Waals surface area contributed by atoms with Crippen molar-refractivity contribution in [2.45, 2.75) is 54.6 Å². The van der Waals surface area contributed by atoms with Crippen molar-refractivity contribution < 1.29 is 43.2 Å². The lowest BCUT2D eigenvalue weighted by Crippen LogP contribution is -2.61. The summed E-state index contributed by atoms with van der Waals surface area (Å²) in [6, 6.07) is 10.6. The zero-order valence-electron chi connectivity index (χ0n) is 23.2. The summed E-state index contributed by atoms with van der Waals surface area (Å²) >= 11 is 6.52. The van der Waals surface area contributed by atoms with Gasteiger partial charge < -0.3 is 41.5 Å². The Labute approximate surface area is 249 Å². The quantitative estimate of drug-likeness (QED) is 0.122. The van der Waals surface area contributed by atoms with Crippen molar-refractivity contribution in [2.24, 2.45) is 11.5 Å². The summed E-state index contributed by atoms with van der Waals surface area (Å²) in [5.41, 5.74) is 11.1. The van der Waals surface area contributed by atoms with Gasteiger partial charge in [-0.2, -0.15) is 0 Å². The first kappa shape index (κ1) is 33.8. The van der Waals surface area contributed by atoms with Crippen LogP contribution in [0, 0.1) is 6.92 Å². The normalized spacial score (nSPS) is 19.4. The van der Waals surface area contributed by atoms with Gasteiger partial charge in [-0.3, -0.25) is 9.59 Å². The summed E-state index contributed by atoms with van der Waals surface area (Å²) in [5, 5.41) is 40.7. The zero-order valence-corrected chi connectivity index (χ0v) is 24.8. The monoisotopic (exact) mass is 628 g/mol. The highest BCUT2D eigenvalue weighted by molar-refractivity contribution is 7.89. The van der Waals surface area contributed by atoms with Gasteiger partial charge in [-0.05, 0) is 54.4 Å². The molecule has 2 aromatic carbocycles. The van der Waals surface area contributed by atoms with Gasteiger partial charge >= 0.3 is 0 Å². The topological polar surface area (TPSA) is 226 Å². The number of primary amides is 2. The second-order valence-electron chi connectivity index (χ2n) is 10.5. The molecular formula is C27H37ClN4O9S. The first-order valence-corrected chi connectivity index (χ1v) is 14.9. The number of fused-ring (bicyclic) bond motifs is 1. The molecule has 3 rings (SSSR count). The molecule has 0 spiro atoms. The van der Waals surface area contributed by atoms with Gasteiger partial charge in [0.1, 0.15) is 12.2 Å². The summed E-state index contributed by atoms with van der Waals surface area (Å²) in [4.78, 5) is 25.0. The van der Waals surface area contributed by atoms with Crippen molar-refractivity contribution in [1.82, 2.24) is 9.62 Å². The smallest absolute Gasteiger partial charge is 0.252 e. The van der Waals surface area contributed by atoms with Crippen LogP contribution in [-0.4, -0.2) is 103 Å². The Bertz CT molecular complexity index is 1410. The van der Waals surface area contributed by atoms with Crippen molar-refractivity contribution in [2.75, 3.05) is 33.4 Å². The molecule has 0 aliphatic carbocycles. The highest BCUT2D eigenvalue weighted by Crippen LogP contribution is 2.37. The molecule has 0 saturated carbocycles. The predicted molar refractivity (Wildman–Crippen MR) is 153 cm³/mol. The Balaban J connectivity index is 1.61. The van der Waals surface area contributed by atoms with Crippen LogP contribution in [0.2, 0.25) is 5.02 Å². The van der Waals surface area contributed by atoms with Gasteiger partial charge in [0.25, 0.3) is 5.91 Å². The third-order valence-electron chi connectivity index (χ3n) is 7.26. The van der Waals surface area contributed by atoms with Crippen LogP contribution in [0.5, 0.6) is 0 Å². The van der Waals surface area contributed by atoms with Crippen molar-refractivity contribution in [3.63, 3.8) is 0 Å². The van der Waals surface area contributed by atoms with Crippen molar-refractivity contribution in [3.05, 3.63) is 63.7 Å². The molecule has 42 heavy (non-hydrogen) atoms. The Hall–Kier alpha value is -2.66. The summed E-state index contributed by atoms with van der Waals surface area (Å²) in [5.74, 6) is -2.92. The Morgan fingerprint density at radius 2 is 1.88 bits per heavy atom. The van der Waals surface area contributed by atoms with E-state index in [2.05, 4.69) is 15.7 Å². The molecule has 0 aromatic heterocycles. The maximum absolute atomic E-state index is 13.0. The minimum Gasteiger partial charge on any atom is -0.387 e. The number of likely N-dealkylation sites (N-methyl/N-ethyl adjacent to an activating group) is 1. The highest BCUT2D eigenvalue weighted by Gasteiger charge is 2.48. The maximum atomic E-state index is 13.0. The Kier molecular flexibility index (Phi) is 11.1. The van der Waals surface area contributed by atoms with Gasteiger partial charge in [0, 0.05) is 43.6 Å². The number of aliphatic hydroxyl groups is 4. The number of aryl methyl sites for hydroxylation is 1. The molecule has 1 heterocycles. The van der Waals surface area contributed by atoms with Crippen LogP contribution < -0.4 is 16.2 Å². The lowest BCUT2D eigenvalue weighted by Gasteiger charge is -2.33. The zero-order chi connectivity index (χ0) is 31.4. The fraction of sp³-hybridized carbons (Fsp3) is 0.481. The molecule has 4 unspecified atom stereocenters. The van der Waals surface area contributed by atoms with E-state index in [1.54, 1.807) is 12.1 Å². The summed E-state index contributed by atoms with van der Waals surface area (Å²) in [6.45, 7) is 2.58. The molecule has 1 aliphatic rings. The van der Waals surface area contributed by atoms with E-state index in [0.29, 0.717) is 18.1 Å². The molecule has 15 heteroatoms. The number of ether oxygens (including phenoxy) is 1. The second kappa shape index (κ2) is 13.8. The van der Waals surface area contributed by atoms with E-state index in [0.717, 1.165) is 22.3 Å². The van der Waals surface area contributed by atoms with E-state index in [4.69, 9.17) is 27.8 Å². The molecule has 0 saturated heterocycles. The molecule has 13 nitrogen and oxygen atoms in total. The van der Waals surface area contributed by atoms with Gasteiger partial charge in [0.2, 0.25) is 15.9 Å². The molecule has 2 aromatic rings. The molecule has 5 atom stereocenters. The Morgan fingerprint density at radius 1 is 1.19 bits per heavy atom. The minimum absolute atomic E-state index is 0.0572. The number of hydrogen-bond donors (Lipinski definition) is 7. The molecule has 2 amide bonds. The first-order valence-electron chi connectivity index (χ1n) is 13.1. The van der Waals surface area contributed by atoms with Crippen molar-refractivity contribution in [1.29, 1.82) is 0 Å². The third-order valence-corrected chi connectivity index (χ3v) is 9.06. The van der Waals surface area contributed by atoms with E-state index in [1.165, 1.54) is 6.07 Å². The van der Waals surface area contributed by atoms with E-state index < -0.39 is 58.8 Å². The number of benzene rings is 2. The second-order valence-corrected chi connectivity index (χ2v) is 12.6. The van der Waals surface area contributed by atoms with Crippen LogP contribution >= 0.6 is 11.6 Å². The lowest BCUT2D eigenvalue weighted by molar-refractivity contribution is -0.178. The molecule has 0 fully saturated rings. The molecule has 1 aliphatic heterocycles. The van der Waals surface area contributed by atoms with Gasteiger partial charge in [0.15, 0.2) is 11.7 Å². The number of carbonyl (C=O) groups excluding carboxylic acids is 2. The number of rotatable bonds is 14. The van der Waals surface area contributed by atoms with Crippen molar-refractivity contribution >= 4 is 33.4 Å². The molecular weight excluding hydrogens is 592 g/mol. The maximum Gasteiger partial charge on any atom is 0.252 e. The molecule has 232 valence electrons. The van der Waals surface area contributed by atoms with E-state index >= 15 is 0 Å². The van der Waals surface area contributed by atoms with Crippen LogP contribution in [0.4, 0.5) is 0 Å². The molecule has 0 bridgehead atoms. The largest absolute Gasteiger partial charge is 0.387 e. The van der Waals surface area contributed by atoms with E-state index in [1.807, 2.05) is 26.1 Å². The summed E-state index contributed by atoms with van der Waals surface area (Å²) < 4.78 is 33.8. The van der Waals surface area contributed by atoms with E-state index in [9.17, 15) is 38.4 Å². The number of nitrogens with two attached hydrogens (primary N) is 2. The van der Waals surface area contributed by atoms with Crippen LogP contribution in [0.3, 0.4) is 0 Å². The van der Waals surface area contributed by atoms with Crippen LogP contribution in [0.1, 0.15) is 34.6 Å². The molecule has 9 N–H and O–H groups in total. The number of hydrogen-bond acceptors (Lipinski definition) is 10. The lowest BCUT2D eigenvalue weighted by atomic mass is 9.84. The number of amides is 2. The first-order chi connectivity index (χ1) is 19.6. The number of carbonyl (C=O) groups is 2. The average molecular weight is 629 g/mol. The number of sulfonamides is 1. The van der Waals surface area contributed by atoms with Crippen LogP contribution in [0.25, 0.3) is 0 Å². The van der Waals surface area contributed by atoms with Crippen molar-refractivity contribution in [3.8, 4) is 0 Å². The number of nitrogens with zero attached hydrogens (tertiary/aromatic N) is 1. The fourth-order valence-corrected chi connectivity index (χ4v) is 6.31. The number of nitrogens with one attached hydrogen (secondary N) is 1. The highest BCUT2D eigenvalue weighted by atomic mass is 35.5. The average Bonchev–Trinajstić information content (AvgIpc) is 2.93. The number of aliphatic hydroxyl groups excluding tert-OH is 3. The SMILES string of the molecule is Cc1cc(Cl)c2c(c1)[C@H](c1cccc(S(=O)(=O)NCCOCCC(O)(C(N)=O)C(O)C(O)C(O)C(N)=O)c1)CN(C)C2. The number of halogens is 1. The van der Waals surface area contributed by atoms with Gasteiger partial charge in [-0.1, -0.05) is 29.8 Å². The van der Waals surface area contributed by atoms with Crippen LogP contribution in [-0.2, 0) is 30.9 Å². The van der Waals surface area contributed by atoms with E-state index in [-0.39, 0.29) is 24.0 Å². The Morgan fingerprint density at radius 3 is 2.52 bits per heavy atom. The predicted octanol–water partition coefficient (Wildman–Crippen LogP) is -1.30. The fourth-order valence-electron chi connectivity index (χ4n) is 4.91. The van der Waals surface area contributed by atoms with Gasteiger partial charge in [-0.15, -0.1) is 0 Å². The minimum atomic E-state index is -3.94. The summed E-state index contributed by atoms with van der Waals surface area (Å²) in [6.07, 6.45) is -7.56. The summed E-state index contributed by atoms with van der Waals surface area (Å²) in [7, 11) is -1.96. The van der Waals surface area contributed by atoms with Crippen LogP contribution in [0.15, 0.2) is 41.3 Å².